The maximum atomic E-state index is 5.55. The average molecular weight is 476 g/mol. The van der Waals surface area contributed by atoms with Crippen LogP contribution in [0.4, 0.5) is 0 Å². The van der Waals surface area contributed by atoms with Crippen molar-refractivity contribution in [3.8, 4) is 11.6 Å². The SMILES string of the molecule is CCCCOCCCNC(=NCc1nc(-c2ccco2)n[nH]1)NCC.I. The average Bonchev–Trinajstić information content (AvgIpc) is 3.30. The van der Waals surface area contributed by atoms with E-state index in [0.717, 1.165) is 45.1 Å². The molecule has 0 aliphatic rings. The lowest BCUT2D eigenvalue weighted by Gasteiger charge is -2.11. The zero-order chi connectivity index (χ0) is 17.7. The second-order valence-electron chi connectivity index (χ2n) is 5.52. The van der Waals surface area contributed by atoms with Gasteiger partial charge >= 0.3 is 0 Å². The van der Waals surface area contributed by atoms with Crippen molar-refractivity contribution >= 4 is 29.9 Å². The van der Waals surface area contributed by atoms with Crippen molar-refractivity contribution < 1.29 is 9.15 Å². The van der Waals surface area contributed by atoms with Crippen LogP contribution in [-0.2, 0) is 11.3 Å². The van der Waals surface area contributed by atoms with E-state index in [-0.39, 0.29) is 24.0 Å². The van der Waals surface area contributed by atoms with E-state index in [1.165, 1.54) is 6.42 Å². The molecule has 0 amide bonds. The van der Waals surface area contributed by atoms with Gasteiger partial charge in [-0.3, -0.25) is 5.10 Å². The van der Waals surface area contributed by atoms with Gasteiger partial charge in [0, 0.05) is 26.3 Å². The summed E-state index contributed by atoms with van der Waals surface area (Å²) in [6, 6.07) is 3.63. The molecule has 2 aromatic heterocycles. The summed E-state index contributed by atoms with van der Waals surface area (Å²) in [5.41, 5.74) is 0. The van der Waals surface area contributed by atoms with Gasteiger partial charge in [-0.05, 0) is 31.9 Å². The van der Waals surface area contributed by atoms with Crippen LogP contribution in [0, 0.1) is 0 Å². The molecule has 0 radical (unpaired) electrons. The van der Waals surface area contributed by atoms with Gasteiger partial charge in [-0.1, -0.05) is 13.3 Å². The first-order chi connectivity index (χ1) is 12.3. The van der Waals surface area contributed by atoms with E-state index in [1.807, 2.05) is 19.1 Å². The summed E-state index contributed by atoms with van der Waals surface area (Å²) in [7, 11) is 0. The zero-order valence-electron chi connectivity index (χ0n) is 15.5. The number of ether oxygens (including phenoxy) is 1. The lowest BCUT2D eigenvalue weighted by Crippen LogP contribution is -2.38. The number of aromatic amines is 1. The number of guanidine groups is 1. The van der Waals surface area contributed by atoms with Crippen LogP contribution in [0.3, 0.4) is 0 Å². The summed E-state index contributed by atoms with van der Waals surface area (Å²) >= 11 is 0. The van der Waals surface area contributed by atoms with Gasteiger partial charge < -0.3 is 19.8 Å². The third-order valence-corrected chi connectivity index (χ3v) is 3.40. The van der Waals surface area contributed by atoms with Crippen LogP contribution in [0.2, 0.25) is 0 Å². The zero-order valence-corrected chi connectivity index (χ0v) is 17.8. The van der Waals surface area contributed by atoms with Crippen molar-refractivity contribution in [3.63, 3.8) is 0 Å². The van der Waals surface area contributed by atoms with E-state index in [2.05, 4.69) is 37.7 Å². The molecule has 0 unspecified atom stereocenters. The molecule has 0 aromatic carbocycles. The predicted molar refractivity (Wildman–Crippen MR) is 113 cm³/mol. The normalized spacial score (nSPS) is 11.2. The molecule has 146 valence electrons. The molecule has 0 aliphatic heterocycles. The van der Waals surface area contributed by atoms with Gasteiger partial charge in [0.05, 0.1) is 6.26 Å². The highest BCUT2D eigenvalue weighted by Gasteiger charge is 2.08. The fourth-order valence-electron chi connectivity index (χ4n) is 2.11. The minimum atomic E-state index is 0. The molecule has 2 aromatic rings. The summed E-state index contributed by atoms with van der Waals surface area (Å²) in [5, 5.41) is 13.5. The molecule has 9 heteroatoms. The number of furan rings is 1. The van der Waals surface area contributed by atoms with Crippen LogP contribution in [0.1, 0.15) is 38.9 Å². The number of nitrogens with one attached hydrogen (secondary N) is 3. The molecule has 26 heavy (non-hydrogen) atoms. The second kappa shape index (κ2) is 13.6. The lowest BCUT2D eigenvalue weighted by molar-refractivity contribution is 0.129. The number of hydrogen-bond acceptors (Lipinski definition) is 5. The molecule has 3 N–H and O–H groups in total. The molecule has 2 rings (SSSR count). The van der Waals surface area contributed by atoms with Crippen molar-refractivity contribution in [2.45, 2.75) is 39.7 Å². The van der Waals surface area contributed by atoms with Crippen molar-refractivity contribution in [2.75, 3.05) is 26.3 Å². The van der Waals surface area contributed by atoms with Gasteiger partial charge in [0.2, 0.25) is 5.82 Å². The van der Waals surface area contributed by atoms with Crippen LogP contribution in [0.25, 0.3) is 11.6 Å². The second-order valence-corrected chi connectivity index (χ2v) is 5.52. The Balaban J connectivity index is 0.00000338. The number of hydrogen-bond donors (Lipinski definition) is 3. The van der Waals surface area contributed by atoms with Crippen molar-refractivity contribution in [1.29, 1.82) is 0 Å². The number of unbranched alkanes of at least 4 members (excludes halogenated alkanes) is 1. The van der Waals surface area contributed by atoms with Crippen LogP contribution in [-0.4, -0.2) is 47.4 Å². The molecule has 0 aliphatic carbocycles. The smallest absolute Gasteiger partial charge is 0.216 e. The first kappa shape index (κ1) is 22.4. The molecular weight excluding hydrogens is 447 g/mol. The molecule has 2 heterocycles. The van der Waals surface area contributed by atoms with Gasteiger partial charge in [-0.2, -0.15) is 0 Å². The van der Waals surface area contributed by atoms with Gasteiger partial charge in [-0.25, -0.2) is 9.98 Å². The molecule has 0 fully saturated rings. The highest BCUT2D eigenvalue weighted by molar-refractivity contribution is 14.0. The Bertz CT molecular complexity index is 615. The van der Waals surface area contributed by atoms with E-state index in [1.54, 1.807) is 6.26 Å². The minimum Gasteiger partial charge on any atom is -0.461 e. The molecule has 0 saturated carbocycles. The molecule has 8 nitrogen and oxygen atoms in total. The number of nitrogens with zero attached hydrogens (tertiary/aromatic N) is 3. The number of halogens is 1. The fourth-order valence-corrected chi connectivity index (χ4v) is 2.11. The van der Waals surface area contributed by atoms with Crippen molar-refractivity contribution in [3.05, 3.63) is 24.2 Å². The summed E-state index contributed by atoms with van der Waals surface area (Å²) in [6.07, 6.45) is 4.83. The van der Waals surface area contributed by atoms with E-state index in [0.29, 0.717) is 24.0 Å². The third-order valence-electron chi connectivity index (χ3n) is 3.40. The molecular formula is C17H29IN6O2. The Morgan fingerprint density at radius 1 is 1.27 bits per heavy atom. The third kappa shape index (κ3) is 8.17. The Hall–Kier alpha value is -1.62. The van der Waals surface area contributed by atoms with Crippen molar-refractivity contribution in [2.24, 2.45) is 4.99 Å². The van der Waals surface area contributed by atoms with E-state index >= 15 is 0 Å². The molecule has 0 spiro atoms. The highest BCUT2D eigenvalue weighted by atomic mass is 127. The lowest BCUT2D eigenvalue weighted by atomic mass is 10.4. The van der Waals surface area contributed by atoms with Gasteiger partial charge in [-0.15, -0.1) is 29.1 Å². The minimum absolute atomic E-state index is 0. The summed E-state index contributed by atoms with van der Waals surface area (Å²) in [5.74, 6) is 2.62. The van der Waals surface area contributed by atoms with Gasteiger partial charge in [0.1, 0.15) is 12.4 Å². The molecule has 0 bridgehead atoms. The number of aromatic nitrogens is 3. The predicted octanol–water partition coefficient (Wildman–Crippen LogP) is 2.94. The van der Waals surface area contributed by atoms with Crippen LogP contribution in [0.15, 0.2) is 27.8 Å². The summed E-state index contributed by atoms with van der Waals surface area (Å²) < 4.78 is 10.8. The standard InChI is InChI=1S/C17H28N6O2.HI/c1-3-5-10-24-11-7-9-19-17(18-4-2)20-13-15-21-16(23-22-15)14-8-6-12-25-14;/h6,8,12H,3-5,7,9-11,13H2,1-2H3,(H2,18,19,20)(H,21,22,23);1H. The van der Waals surface area contributed by atoms with Gasteiger partial charge in [0.25, 0.3) is 0 Å². The first-order valence-electron chi connectivity index (χ1n) is 8.88. The van der Waals surface area contributed by atoms with E-state index in [4.69, 9.17) is 9.15 Å². The Morgan fingerprint density at radius 2 is 2.12 bits per heavy atom. The van der Waals surface area contributed by atoms with Crippen LogP contribution >= 0.6 is 24.0 Å². The first-order valence-corrected chi connectivity index (χ1v) is 8.88. The quantitative estimate of drug-likeness (QED) is 0.200. The number of aliphatic imine (C=N–C) groups is 1. The van der Waals surface area contributed by atoms with Gasteiger partial charge in [0.15, 0.2) is 11.7 Å². The Morgan fingerprint density at radius 3 is 2.85 bits per heavy atom. The summed E-state index contributed by atoms with van der Waals surface area (Å²) in [6.45, 7) is 7.83. The maximum absolute atomic E-state index is 5.55. The fraction of sp³-hybridized carbons (Fsp3) is 0.588. The van der Waals surface area contributed by atoms with Crippen LogP contribution in [0.5, 0.6) is 0 Å². The van der Waals surface area contributed by atoms with E-state index in [9.17, 15) is 0 Å². The maximum Gasteiger partial charge on any atom is 0.216 e. The molecule has 0 atom stereocenters. The van der Waals surface area contributed by atoms with Crippen molar-refractivity contribution in [1.82, 2.24) is 25.8 Å². The van der Waals surface area contributed by atoms with E-state index < -0.39 is 0 Å². The number of H-pyrrole nitrogens is 1. The van der Waals surface area contributed by atoms with Crippen LogP contribution < -0.4 is 10.6 Å². The topological polar surface area (TPSA) is 100 Å². The number of rotatable bonds is 11. The summed E-state index contributed by atoms with van der Waals surface area (Å²) in [4.78, 5) is 8.89. The monoisotopic (exact) mass is 476 g/mol. The largest absolute Gasteiger partial charge is 0.461 e. The highest BCUT2D eigenvalue weighted by Crippen LogP contribution is 2.14. The Labute approximate surface area is 171 Å². The molecule has 0 saturated heterocycles. The Kier molecular flexibility index (Phi) is 11.7.